The van der Waals surface area contributed by atoms with Crippen molar-refractivity contribution >= 4 is 5.97 Å². The molecule has 68 valence electrons. The SMILES string of the molecule is CC(C)(CCCO)C(=O)O.N. The summed E-state index contributed by atoms with van der Waals surface area (Å²) in [6.07, 6.45) is 1.08. The van der Waals surface area contributed by atoms with Gasteiger partial charge in [-0.1, -0.05) is 0 Å². The second-order valence-electron chi connectivity index (χ2n) is 3.02. The first kappa shape index (κ1) is 13.0. The zero-order valence-electron chi connectivity index (χ0n) is 7.13. The fourth-order valence-electron chi connectivity index (χ4n) is 0.628. The van der Waals surface area contributed by atoms with Crippen molar-refractivity contribution in [3.05, 3.63) is 0 Å². The van der Waals surface area contributed by atoms with Gasteiger partial charge in [0, 0.05) is 6.61 Å². The van der Waals surface area contributed by atoms with Gasteiger partial charge in [0.15, 0.2) is 0 Å². The predicted octanol–water partition coefficient (Wildman–Crippen LogP) is 1.03. The van der Waals surface area contributed by atoms with Gasteiger partial charge in [0.2, 0.25) is 0 Å². The third-order valence-electron chi connectivity index (χ3n) is 1.54. The summed E-state index contributed by atoms with van der Waals surface area (Å²) < 4.78 is 0. The van der Waals surface area contributed by atoms with Crippen LogP contribution in [0.4, 0.5) is 0 Å². The monoisotopic (exact) mass is 163 g/mol. The van der Waals surface area contributed by atoms with Gasteiger partial charge in [-0.3, -0.25) is 4.79 Å². The minimum absolute atomic E-state index is 0. The zero-order chi connectivity index (χ0) is 8.20. The van der Waals surface area contributed by atoms with Gasteiger partial charge in [0.25, 0.3) is 0 Å². The molecular weight excluding hydrogens is 146 g/mol. The van der Waals surface area contributed by atoms with Crippen LogP contribution in [0.3, 0.4) is 0 Å². The van der Waals surface area contributed by atoms with E-state index in [0.29, 0.717) is 12.8 Å². The summed E-state index contributed by atoms with van der Waals surface area (Å²) in [7, 11) is 0. The highest BCUT2D eigenvalue weighted by Gasteiger charge is 2.25. The number of carboxylic acids is 1. The number of aliphatic carboxylic acids is 1. The Bertz CT molecular complexity index is 123. The molecule has 0 unspecified atom stereocenters. The highest BCUT2D eigenvalue weighted by Crippen LogP contribution is 2.21. The normalized spacial score (nSPS) is 10.5. The van der Waals surface area contributed by atoms with E-state index in [4.69, 9.17) is 10.2 Å². The van der Waals surface area contributed by atoms with Gasteiger partial charge in [-0.2, -0.15) is 0 Å². The van der Waals surface area contributed by atoms with Crippen molar-refractivity contribution in [1.29, 1.82) is 0 Å². The Kier molecular flexibility index (Phi) is 6.03. The first-order valence-electron chi connectivity index (χ1n) is 3.35. The lowest BCUT2D eigenvalue weighted by Gasteiger charge is -2.17. The summed E-state index contributed by atoms with van der Waals surface area (Å²) in [4.78, 5) is 10.4. The van der Waals surface area contributed by atoms with Crippen LogP contribution in [0.1, 0.15) is 26.7 Å². The van der Waals surface area contributed by atoms with Crippen molar-refractivity contribution in [2.75, 3.05) is 6.61 Å². The van der Waals surface area contributed by atoms with Crippen LogP contribution in [-0.4, -0.2) is 22.8 Å². The smallest absolute Gasteiger partial charge is 0.309 e. The van der Waals surface area contributed by atoms with Gasteiger partial charge in [-0.05, 0) is 26.7 Å². The topological polar surface area (TPSA) is 92.5 Å². The van der Waals surface area contributed by atoms with E-state index < -0.39 is 11.4 Å². The highest BCUT2D eigenvalue weighted by atomic mass is 16.4. The molecule has 0 aromatic rings. The Morgan fingerprint density at radius 3 is 2.18 bits per heavy atom. The van der Waals surface area contributed by atoms with Gasteiger partial charge in [-0.25, -0.2) is 0 Å². The second-order valence-corrected chi connectivity index (χ2v) is 3.02. The number of aliphatic hydroxyl groups excluding tert-OH is 1. The van der Waals surface area contributed by atoms with Crippen molar-refractivity contribution in [3.8, 4) is 0 Å². The Morgan fingerprint density at radius 1 is 1.45 bits per heavy atom. The number of carboxylic acid groups (broad SMARTS) is 1. The van der Waals surface area contributed by atoms with Crippen molar-refractivity contribution in [1.82, 2.24) is 6.15 Å². The quantitative estimate of drug-likeness (QED) is 0.577. The van der Waals surface area contributed by atoms with E-state index in [-0.39, 0.29) is 12.8 Å². The summed E-state index contributed by atoms with van der Waals surface area (Å²) >= 11 is 0. The maximum absolute atomic E-state index is 10.4. The molecule has 0 fully saturated rings. The lowest BCUT2D eigenvalue weighted by molar-refractivity contribution is -0.147. The molecule has 0 aliphatic heterocycles. The molecule has 0 spiro atoms. The fraction of sp³-hybridized carbons (Fsp3) is 0.857. The molecule has 0 saturated carbocycles. The highest BCUT2D eigenvalue weighted by molar-refractivity contribution is 5.73. The Labute approximate surface area is 66.8 Å². The molecule has 11 heavy (non-hydrogen) atoms. The molecule has 0 amide bonds. The van der Waals surface area contributed by atoms with E-state index in [1.54, 1.807) is 13.8 Å². The van der Waals surface area contributed by atoms with Crippen molar-refractivity contribution in [2.24, 2.45) is 5.41 Å². The third-order valence-corrected chi connectivity index (χ3v) is 1.54. The van der Waals surface area contributed by atoms with Gasteiger partial charge in [0.1, 0.15) is 0 Å². The van der Waals surface area contributed by atoms with E-state index in [0.717, 1.165) is 0 Å². The average molecular weight is 163 g/mol. The van der Waals surface area contributed by atoms with E-state index in [9.17, 15) is 4.79 Å². The molecular formula is C7H17NO3. The van der Waals surface area contributed by atoms with Crippen LogP contribution in [-0.2, 0) is 4.79 Å². The molecule has 0 rings (SSSR count). The van der Waals surface area contributed by atoms with Crippen LogP contribution in [0, 0.1) is 5.41 Å². The minimum atomic E-state index is -0.805. The molecule has 4 heteroatoms. The van der Waals surface area contributed by atoms with Gasteiger partial charge in [0.05, 0.1) is 5.41 Å². The molecule has 5 N–H and O–H groups in total. The standard InChI is InChI=1S/C7H14O3.H3N/c1-7(2,6(9)10)4-3-5-8;/h8H,3-5H2,1-2H3,(H,9,10);1H3. The van der Waals surface area contributed by atoms with Crippen LogP contribution in [0.15, 0.2) is 0 Å². The zero-order valence-corrected chi connectivity index (χ0v) is 7.13. The Morgan fingerprint density at radius 2 is 1.91 bits per heavy atom. The van der Waals surface area contributed by atoms with E-state index in [1.807, 2.05) is 0 Å². The van der Waals surface area contributed by atoms with Gasteiger partial charge < -0.3 is 16.4 Å². The van der Waals surface area contributed by atoms with E-state index in [1.165, 1.54) is 0 Å². The van der Waals surface area contributed by atoms with Crippen LogP contribution >= 0.6 is 0 Å². The molecule has 0 bridgehead atoms. The molecule has 0 atom stereocenters. The van der Waals surface area contributed by atoms with E-state index in [2.05, 4.69) is 0 Å². The number of rotatable bonds is 4. The fourth-order valence-corrected chi connectivity index (χ4v) is 0.628. The minimum Gasteiger partial charge on any atom is -0.481 e. The molecule has 0 aliphatic rings. The number of aliphatic hydroxyl groups is 1. The average Bonchev–Trinajstić information content (AvgIpc) is 1.84. The molecule has 0 radical (unpaired) electrons. The van der Waals surface area contributed by atoms with Gasteiger partial charge >= 0.3 is 5.97 Å². The van der Waals surface area contributed by atoms with Crippen LogP contribution in [0.2, 0.25) is 0 Å². The summed E-state index contributed by atoms with van der Waals surface area (Å²) in [5.41, 5.74) is -0.692. The first-order valence-corrected chi connectivity index (χ1v) is 3.35. The predicted molar refractivity (Wildman–Crippen MR) is 42.8 cm³/mol. The van der Waals surface area contributed by atoms with E-state index >= 15 is 0 Å². The second kappa shape index (κ2) is 5.09. The summed E-state index contributed by atoms with van der Waals surface area (Å²) in [5.74, 6) is -0.805. The van der Waals surface area contributed by atoms with Crippen molar-refractivity contribution in [2.45, 2.75) is 26.7 Å². The maximum atomic E-state index is 10.4. The lowest BCUT2D eigenvalue weighted by atomic mass is 9.88. The maximum Gasteiger partial charge on any atom is 0.309 e. The molecule has 0 heterocycles. The Balaban J connectivity index is 0. The Hall–Kier alpha value is -0.610. The first-order chi connectivity index (χ1) is 4.50. The summed E-state index contributed by atoms with van der Waals surface area (Å²) in [6.45, 7) is 3.38. The van der Waals surface area contributed by atoms with Gasteiger partial charge in [-0.15, -0.1) is 0 Å². The molecule has 0 saturated heterocycles. The molecule has 0 aromatic carbocycles. The van der Waals surface area contributed by atoms with Crippen LogP contribution < -0.4 is 6.15 Å². The lowest BCUT2D eigenvalue weighted by Crippen LogP contribution is -2.23. The van der Waals surface area contributed by atoms with Crippen LogP contribution in [0.5, 0.6) is 0 Å². The number of carbonyl (C=O) groups is 1. The molecule has 0 aliphatic carbocycles. The number of hydrogen-bond donors (Lipinski definition) is 3. The number of hydrogen-bond acceptors (Lipinski definition) is 3. The van der Waals surface area contributed by atoms with Crippen molar-refractivity contribution in [3.63, 3.8) is 0 Å². The van der Waals surface area contributed by atoms with Crippen molar-refractivity contribution < 1.29 is 15.0 Å². The molecule has 0 aromatic heterocycles. The third kappa shape index (κ3) is 4.75. The summed E-state index contributed by atoms with van der Waals surface area (Å²) in [6, 6.07) is 0. The summed E-state index contributed by atoms with van der Waals surface area (Å²) in [5, 5.41) is 17.0. The largest absolute Gasteiger partial charge is 0.481 e. The van der Waals surface area contributed by atoms with Crippen LogP contribution in [0.25, 0.3) is 0 Å². The molecule has 4 nitrogen and oxygen atoms in total.